The van der Waals surface area contributed by atoms with Crippen LogP contribution in [0.3, 0.4) is 0 Å². The third-order valence-corrected chi connectivity index (χ3v) is 8.39. The van der Waals surface area contributed by atoms with Gasteiger partial charge < -0.3 is 5.32 Å². The predicted octanol–water partition coefficient (Wildman–Crippen LogP) is 3.02. The molecule has 1 atom stereocenters. The van der Waals surface area contributed by atoms with Crippen LogP contribution in [-0.2, 0) is 19.9 Å². The van der Waals surface area contributed by atoms with E-state index >= 15 is 0 Å². The normalized spacial score (nSPS) is 16.4. The Morgan fingerprint density at radius 2 is 1.57 bits per heavy atom. The van der Waals surface area contributed by atoms with Crippen LogP contribution in [0.2, 0.25) is 5.02 Å². The molecular formula is C20H23ClN2O5S2. The van der Waals surface area contributed by atoms with Gasteiger partial charge in [-0.15, -0.1) is 0 Å². The van der Waals surface area contributed by atoms with Crippen LogP contribution in [0.15, 0.2) is 52.3 Å². The Labute approximate surface area is 182 Å². The van der Waals surface area contributed by atoms with E-state index in [-0.39, 0.29) is 20.4 Å². The summed E-state index contributed by atoms with van der Waals surface area (Å²) in [6.45, 7) is 2.67. The summed E-state index contributed by atoms with van der Waals surface area (Å²) < 4.78 is 50.1. The number of hydrogen-bond donors (Lipinski definition) is 1. The lowest BCUT2D eigenvalue weighted by Gasteiger charge is -2.18. The van der Waals surface area contributed by atoms with E-state index in [0.717, 1.165) is 19.1 Å². The maximum atomic E-state index is 12.8. The van der Waals surface area contributed by atoms with E-state index in [2.05, 4.69) is 5.32 Å². The highest BCUT2D eigenvalue weighted by atomic mass is 35.5. The zero-order chi connectivity index (χ0) is 22.1. The Bertz CT molecular complexity index is 1160. The lowest BCUT2D eigenvalue weighted by molar-refractivity contribution is 0.0940. The molecule has 0 unspecified atom stereocenters. The molecule has 7 nitrogen and oxygen atoms in total. The van der Waals surface area contributed by atoms with Crippen molar-refractivity contribution in [3.05, 3.63) is 58.6 Å². The largest absolute Gasteiger partial charge is 0.345 e. The Morgan fingerprint density at radius 1 is 1.00 bits per heavy atom. The van der Waals surface area contributed by atoms with E-state index in [0.29, 0.717) is 18.7 Å². The maximum Gasteiger partial charge on any atom is 0.253 e. The predicted molar refractivity (Wildman–Crippen MR) is 115 cm³/mol. The number of nitrogens with zero attached hydrogens (tertiary/aromatic N) is 1. The number of carbonyl (C=O) groups excluding carboxylic acids is 1. The van der Waals surface area contributed by atoms with E-state index in [1.165, 1.54) is 34.6 Å². The molecule has 1 saturated heterocycles. The van der Waals surface area contributed by atoms with Crippen molar-refractivity contribution >= 4 is 37.4 Å². The van der Waals surface area contributed by atoms with Gasteiger partial charge in [0.05, 0.1) is 26.4 Å². The van der Waals surface area contributed by atoms with Gasteiger partial charge >= 0.3 is 0 Å². The summed E-state index contributed by atoms with van der Waals surface area (Å²) in [5, 5.41) is 2.92. The number of halogens is 1. The molecule has 30 heavy (non-hydrogen) atoms. The molecule has 1 N–H and O–H groups in total. The van der Waals surface area contributed by atoms with E-state index in [1.54, 1.807) is 19.1 Å². The quantitative estimate of drug-likeness (QED) is 0.699. The fourth-order valence-corrected chi connectivity index (χ4v) is 5.66. The molecule has 2 aromatic carbocycles. The molecule has 1 aliphatic heterocycles. The first-order valence-electron chi connectivity index (χ1n) is 9.41. The first-order valence-corrected chi connectivity index (χ1v) is 13.1. The molecule has 3 rings (SSSR count). The molecule has 0 aromatic heterocycles. The van der Waals surface area contributed by atoms with Crippen molar-refractivity contribution in [3.63, 3.8) is 0 Å². The van der Waals surface area contributed by atoms with Crippen LogP contribution in [-0.4, -0.2) is 46.4 Å². The van der Waals surface area contributed by atoms with Gasteiger partial charge in [-0.2, -0.15) is 4.31 Å². The molecule has 0 radical (unpaired) electrons. The van der Waals surface area contributed by atoms with Crippen molar-refractivity contribution in [2.24, 2.45) is 0 Å². The van der Waals surface area contributed by atoms with E-state index in [1.807, 2.05) is 0 Å². The average Bonchev–Trinajstić information content (AvgIpc) is 3.23. The molecule has 162 valence electrons. The fraction of sp³-hybridized carbons (Fsp3) is 0.350. The highest BCUT2D eigenvalue weighted by molar-refractivity contribution is 7.90. The maximum absolute atomic E-state index is 12.8. The number of sulfonamides is 1. The molecular weight excluding hydrogens is 448 g/mol. The summed E-state index contributed by atoms with van der Waals surface area (Å²) in [5.74, 6) is -0.516. The molecule has 1 aliphatic rings. The second-order valence-corrected chi connectivity index (χ2v) is 11.7. The number of carbonyl (C=O) groups is 1. The van der Waals surface area contributed by atoms with Crippen molar-refractivity contribution < 1.29 is 21.6 Å². The minimum Gasteiger partial charge on any atom is -0.345 e. The van der Waals surface area contributed by atoms with Crippen molar-refractivity contribution in [2.75, 3.05) is 19.3 Å². The van der Waals surface area contributed by atoms with Crippen LogP contribution in [0.1, 0.15) is 41.7 Å². The lowest BCUT2D eigenvalue weighted by atomic mass is 10.1. The first-order chi connectivity index (χ1) is 14.0. The molecule has 1 heterocycles. The van der Waals surface area contributed by atoms with Gasteiger partial charge in [-0.05, 0) is 55.7 Å². The third kappa shape index (κ3) is 4.85. The summed E-state index contributed by atoms with van der Waals surface area (Å²) in [4.78, 5) is 13.0. The molecule has 0 saturated carbocycles. The second-order valence-electron chi connectivity index (χ2n) is 7.29. The first kappa shape index (κ1) is 22.7. The van der Waals surface area contributed by atoms with Gasteiger partial charge in [-0.1, -0.05) is 23.7 Å². The zero-order valence-corrected chi connectivity index (χ0v) is 19.0. The van der Waals surface area contributed by atoms with E-state index < -0.39 is 31.8 Å². The molecule has 0 spiro atoms. The average molecular weight is 471 g/mol. The lowest BCUT2D eigenvalue weighted by Crippen LogP contribution is -2.29. The minimum atomic E-state index is -3.67. The standard InChI is InChI=1S/C20H23ClN2O5S2/c1-14(15-5-7-16(8-6-15)29(2,25)26)22-20(24)18-13-17(9-10-19(18)21)30(27,28)23-11-3-4-12-23/h5-10,13-14H,3-4,11-12H2,1-2H3,(H,22,24)/t14-/m1/s1. The number of amides is 1. The number of hydrogen-bond acceptors (Lipinski definition) is 5. The van der Waals surface area contributed by atoms with Crippen LogP contribution < -0.4 is 5.32 Å². The summed E-state index contributed by atoms with van der Waals surface area (Å²) >= 11 is 6.17. The topological polar surface area (TPSA) is 101 Å². The summed E-state index contributed by atoms with van der Waals surface area (Å²) in [5.41, 5.74) is 0.768. The highest BCUT2D eigenvalue weighted by Crippen LogP contribution is 2.26. The molecule has 10 heteroatoms. The van der Waals surface area contributed by atoms with Gasteiger partial charge in [-0.25, -0.2) is 16.8 Å². The van der Waals surface area contributed by atoms with Gasteiger partial charge in [0.2, 0.25) is 10.0 Å². The van der Waals surface area contributed by atoms with Crippen molar-refractivity contribution in [3.8, 4) is 0 Å². The van der Waals surface area contributed by atoms with Gasteiger partial charge in [-0.3, -0.25) is 4.79 Å². The molecule has 0 aliphatic carbocycles. The van der Waals surface area contributed by atoms with Crippen LogP contribution in [0.4, 0.5) is 0 Å². The van der Waals surface area contributed by atoms with Crippen molar-refractivity contribution in [1.82, 2.24) is 9.62 Å². The van der Waals surface area contributed by atoms with Crippen LogP contribution in [0.5, 0.6) is 0 Å². The zero-order valence-electron chi connectivity index (χ0n) is 16.6. The number of rotatable bonds is 6. The molecule has 2 aromatic rings. The van der Waals surface area contributed by atoms with Gasteiger partial charge in [0.15, 0.2) is 9.84 Å². The van der Waals surface area contributed by atoms with Gasteiger partial charge in [0.1, 0.15) is 0 Å². The summed E-state index contributed by atoms with van der Waals surface area (Å²) in [7, 11) is -6.98. The Hall–Kier alpha value is -1.94. The summed E-state index contributed by atoms with van der Waals surface area (Å²) in [6.07, 6.45) is 2.75. The smallest absolute Gasteiger partial charge is 0.253 e. The highest BCUT2D eigenvalue weighted by Gasteiger charge is 2.28. The third-order valence-electron chi connectivity index (χ3n) is 5.04. The fourth-order valence-electron chi connectivity index (χ4n) is 3.28. The van der Waals surface area contributed by atoms with Crippen molar-refractivity contribution in [1.29, 1.82) is 0 Å². The Balaban J connectivity index is 1.81. The number of sulfone groups is 1. The Morgan fingerprint density at radius 3 is 2.13 bits per heavy atom. The van der Waals surface area contributed by atoms with Crippen LogP contribution >= 0.6 is 11.6 Å². The van der Waals surface area contributed by atoms with Gasteiger partial charge in [0.25, 0.3) is 5.91 Å². The van der Waals surface area contributed by atoms with E-state index in [4.69, 9.17) is 11.6 Å². The molecule has 1 amide bonds. The van der Waals surface area contributed by atoms with Gasteiger partial charge in [0, 0.05) is 19.3 Å². The number of nitrogens with one attached hydrogen (secondary N) is 1. The number of benzene rings is 2. The molecule has 1 fully saturated rings. The van der Waals surface area contributed by atoms with E-state index in [9.17, 15) is 21.6 Å². The van der Waals surface area contributed by atoms with Crippen LogP contribution in [0.25, 0.3) is 0 Å². The summed E-state index contributed by atoms with van der Waals surface area (Å²) in [6, 6.07) is 9.86. The van der Waals surface area contributed by atoms with Crippen molar-refractivity contribution in [2.45, 2.75) is 35.6 Å². The molecule has 0 bridgehead atoms. The monoisotopic (exact) mass is 470 g/mol. The Kier molecular flexibility index (Phi) is 6.57. The minimum absolute atomic E-state index is 0.0316. The van der Waals surface area contributed by atoms with Crippen LogP contribution in [0, 0.1) is 0 Å². The second kappa shape index (κ2) is 8.66. The SMILES string of the molecule is C[C@@H](NC(=O)c1cc(S(=O)(=O)N2CCCC2)ccc1Cl)c1ccc(S(C)(=O)=O)cc1.